The molecule has 198 valence electrons. The topological polar surface area (TPSA) is 58.8 Å². The van der Waals surface area contributed by atoms with Crippen molar-refractivity contribution in [3.63, 3.8) is 0 Å². The summed E-state index contributed by atoms with van der Waals surface area (Å²) in [6.45, 7) is 8.03. The Balaban J connectivity index is 1.20. The molecule has 1 aromatic heterocycles. The normalized spacial score (nSPS) is 18.5. The van der Waals surface area contributed by atoms with E-state index in [0.717, 1.165) is 49.0 Å². The number of hydrogen-bond donors (Lipinski definition) is 0. The van der Waals surface area contributed by atoms with Crippen LogP contribution in [-0.4, -0.2) is 72.1 Å². The summed E-state index contributed by atoms with van der Waals surface area (Å²) >= 11 is 6.38. The van der Waals surface area contributed by atoms with Gasteiger partial charge in [-0.2, -0.15) is 5.26 Å². The first-order chi connectivity index (χ1) is 18.3. The first-order valence-electron chi connectivity index (χ1n) is 13.0. The number of para-hydroxylation sites is 1. The molecule has 38 heavy (non-hydrogen) atoms. The fourth-order valence-electron chi connectivity index (χ4n) is 5.53. The lowest BCUT2D eigenvalue weighted by atomic mass is 10.1. The number of piperazine rings is 2. The van der Waals surface area contributed by atoms with Gasteiger partial charge in [-0.05, 0) is 48.9 Å². The molecule has 0 N–H and O–H groups in total. The Labute approximate surface area is 228 Å². The number of carbonyl (C=O) groups is 1. The number of rotatable bonds is 5. The maximum atomic E-state index is 13.9. The molecule has 2 aliphatic rings. The Hall–Kier alpha value is -3.54. The zero-order chi connectivity index (χ0) is 26.8. The molecule has 2 saturated heterocycles. The van der Waals surface area contributed by atoms with Crippen LogP contribution >= 0.6 is 11.6 Å². The van der Waals surface area contributed by atoms with Crippen molar-refractivity contribution in [2.24, 2.45) is 7.05 Å². The van der Waals surface area contributed by atoms with E-state index in [1.54, 1.807) is 0 Å². The number of nitrogens with zero attached hydrogens (tertiary/aromatic N) is 6. The third kappa shape index (κ3) is 5.35. The minimum absolute atomic E-state index is 0.00538. The van der Waals surface area contributed by atoms with Gasteiger partial charge in [0, 0.05) is 71.6 Å². The molecule has 2 aromatic carbocycles. The van der Waals surface area contributed by atoms with Gasteiger partial charge in [-0.3, -0.25) is 9.69 Å². The summed E-state index contributed by atoms with van der Waals surface area (Å²) in [4.78, 5) is 22.1. The van der Waals surface area contributed by atoms with Gasteiger partial charge in [0.05, 0.1) is 22.0 Å². The van der Waals surface area contributed by atoms with Gasteiger partial charge >= 0.3 is 0 Å². The Kier molecular flexibility index (Phi) is 7.59. The van der Waals surface area contributed by atoms with Gasteiger partial charge in [0.1, 0.15) is 17.6 Å². The van der Waals surface area contributed by atoms with Crippen LogP contribution in [0.5, 0.6) is 0 Å². The zero-order valence-electron chi connectivity index (χ0n) is 21.8. The van der Waals surface area contributed by atoms with Crippen molar-refractivity contribution in [1.29, 1.82) is 5.26 Å². The highest BCUT2D eigenvalue weighted by molar-refractivity contribution is 6.33. The lowest BCUT2D eigenvalue weighted by Gasteiger charge is -2.41. The van der Waals surface area contributed by atoms with E-state index in [2.05, 4.69) is 21.9 Å². The van der Waals surface area contributed by atoms with Crippen molar-refractivity contribution in [3.8, 4) is 6.07 Å². The predicted octanol–water partition coefficient (Wildman–Crippen LogP) is 4.36. The molecule has 2 fully saturated rings. The van der Waals surface area contributed by atoms with Gasteiger partial charge in [0.2, 0.25) is 0 Å². The molecule has 5 rings (SSSR count). The SMILES string of the molecule is C[C@H]1CN(c2cc(F)ccc2C#N)CCN1C(=O)c1cc(CN2CCN(c3ccccc3Cl)CC2)cn1C. The van der Waals surface area contributed by atoms with Crippen LogP contribution in [0, 0.1) is 17.1 Å². The van der Waals surface area contributed by atoms with Crippen molar-refractivity contribution in [1.82, 2.24) is 14.4 Å². The molecule has 0 unspecified atom stereocenters. The fraction of sp³-hybridized carbons (Fsp3) is 0.379. The van der Waals surface area contributed by atoms with Crippen molar-refractivity contribution in [2.45, 2.75) is 19.5 Å². The van der Waals surface area contributed by atoms with Crippen LogP contribution in [0.2, 0.25) is 5.02 Å². The van der Waals surface area contributed by atoms with E-state index in [-0.39, 0.29) is 17.8 Å². The molecule has 0 radical (unpaired) electrons. The molecular weight excluding hydrogens is 503 g/mol. The summed E-state index contributed by atoms with van der Waals surface area (Å²) in [7, 11) is 1.92. The molecule has 9 heteroatoms. The van der Waals surface area contributed by atoms with Gasteiger partial charge in [-0.25, -0.2) is 4.39 Å². The number of nitriles is 1. The zero-order valence-corrected chi connectivity index (χ0v) is 22.5. The second-order valence-corrected chi connectivity index (χ2v) is 10.5. The Bertz CT molecular complexity index is 1360. The van der Waals surface area contributed by atoms with Crippen molar-refractivity contribution in [3.05, 3.63) is 82.4 Å². The molecule has 7 nitrogen and oxygen atoms in total. The lowest BCUT2D eigenvalue weighted by Crippen LogP contribution is -2.54. The summed E-state index contributed by atoms with van der Waals surface area (Å²) < 4.78 is 15.8. The predicted molar refractivity (Wildman–Crippen MR) is 148 cm³/mol. The third-order valence-electron chi connectivity index (χ3n) is 7.56. The molecule has 1 atom stereocenters. The minimum Gasteiger partial charge on any atom is -0.368 e. The van der Waals surface area contributed by atoms with Gasteiger partial charge in [-0.1, -0.05) is 23.7 Å². The molecule has 0 spiro atoms. The maximum absolute atomic E-state index is 13.9. The highest BCUT2D eigenvalue weighted by Crippen LogP contribution is 2.27. The second-order valence-electron chi connectivity index (χ2n) is 10.1. The van der Waals surface area contributed by atoms with Gasteiger partial charge in [0.15, 0.2) is 0 Å². The van der Waals surface area contributed by atoms with Crippen molar-refractivity contribution >= 4 is 28.9 Å². The van der Waals surface area contributed by atoms with Crippen LogP contribution in [0.25, 0.3) is 0 Å². The summed E-state index contributed by atoms with van der Waals surface area (Å²) in [6, 6.07) is 16.2. The number of amides is 1. The molecule has 3 heterocycles. The van der Waals surface area contributed by atoms with Gasteiger partial charge in [-0.15, -0.1) is 0 Å². The van der Waals surface area contributed by atoms with Crippen LogP contribution in [-0.2, 0) is 13.6 Å². The second kappa shape index (κ2) is 11.1. The van der Waals surface area contributed by atoms with Crippen LogP contribution in [0.15, 0.2) is 54.7 Å². The average molecular weight is 535 g/mol. The highest BCUT2D eigenvalue weighted by atomic mass is 35.5. The quantitative estimate of drug-likeness (QED) is 0.487. The van der Waals surface area contributed by atoms with E-state index in [1.165, 1.54) is 18.2 Å². The van der Waals surface area contributed by atoms with Crippen LogP contribution in [0.3, 0.4) is 0 Å². The highest BCUT2D eigenvalue weighted by Gasteiger charge is 2.31. The van der Waals surface area contributed by atoms with E-state index in [9.17, 15) is 14.4 Å². The minimum atomic E-state index is -0.369. The lowest BCUT2D eigenvalue weighted by molar-refractivity contribution is 0.0664. The molecular formula is C29H32ClFN6O. The average Bonchev–Trinajstić information content (AvgIpc) is 3.28. The first-order valence-corrected chi connectivity index (χ1v) is 13.3. The smallest absolute Gasteiger partial charge is 0.270 e. The van der Waals surface area contributed by atoms with Crippen LogP contribution in [0.4, 0.5) is 15.8 Å². The third-order valence-corrected chi connectivity index (χ3v) is 7.88. The number of hydrogen-bond acceptors (Lipinski definition) is 5. The van der Waals surface area contributed by atoms with E-state index in [0.29, 0.717) is 36.6 Å². The van der Waals surface area contributed by atoms with Gasteiger partial charge < -0.3 is 19.3 Å². The largest absolute Gasteiger partial charge is 0.368 e. The summed E-state index contributed by atoms with van der Waals surface area (Å²) in [5.74, 6) is -0.374. The number of aryl methyl sites for hydroxylation is 1. The van der Waals surface area contributed by atoms with E-state index in [4.69, 9.17) is 11.6 Å². The number of anilines is 2. The molecule has 0 bridgehead atoms. The molecule has 3 aromatic rings. The van der Waals surface area contributed by atoms with Crippen molar-refractivity contribution in [2.75, 3.05) is 55.6 Å². The van der Waals surface area contributed by atoms with E-state index in [1.807, 2.05) is 58.8 Å². The summed E-state index contributed by atoms with van der Waals surface area (Å²) in [6.07, 6.45) is 2.04. The van der Waals surface area contributed by atoms with Crippen LogP contribution in [0.1, 0.15) is 28.5 Å². The Morgan fingerprint density at radius 1 is 1.03 bits per heavy atom. The van der Waals surface area contributed by atoms with Crippen molar-refractivity contribution < 1.29 is 9.18 Å². The maximum Gasteiger partial charge on any atom is 0.270 e. The molecule has 1 amide bonds. The van der Waals surface area contributed by atoms with E-state index < -0.39 is 0 Å². The summed E-state index contributed by atoms with van der Waals surface area (Å²) in [5, 5.41) is 10.2. The van der Waals surface area contributed by atoms with E-state index >= 15 is 0 Å². The van der Waals surface area contributed by atoms with Gasteiger partial charge in [0.25, 0.3) is 5.91 Å². The Morgan fingerprint density at radius 3 is 2.47 bits per heavy atom. The molecule has 2 aliphatic heterocycles. The number of halogens is 2. The molecule has 0 saturated carbocycles. The number of carbonyl (C=O) groups excluding carboxylic acids is 1. The molecule has 0 aliphatic carbocycles. The van der Waals surface area contributed by atoms with Crippen LogP contribution < -0.4 is 9.80 Å². The first kappa shape index (κ1) is 26.1. The standard InChI is InChI=1S/C29H32ClFN6O/c1-21-18-36(27-16-24(31)8-7-23(27)17-32)13-14-37(21)29(38)28-15-22(19-33(28)2)20-34-9-11-35(12-10-34)26-6-4-3-5-25(26)30/h3-8,15-16,19,21H,9-14,18,20H2,1-2H3/t21-/m0/s1. The number of aromatic nitrogens is 1. The Morgan fingerprint density at radius 2 is 1.76 bits per heavy atom. The monoisotopic (exact) mass is 534 g/mol. The summed E-state index contributed by atoms with van der Waals surface area (Å²) in [5.41, 5.74) is 3.89. The fourth-order valence-corrected chi connectivity index (χ4v) is 5.79. The number of benzene rings is 2.